The smallest absolute Gasteiger partial charge is 0.243 e. The minimum Gasteiger partial charge on any atom is -0.493 e. The number of ether oxygens (including phenoxy) is 2. The normalized spacial score (nSPS) is 18.1. The van der Waals surface area contributed by atoms with E-state index in [1.54, 1.807) is 13.0 Å². The second-order valence-corrected chi connectivity index (χ2v) is 7.47. The van der Waals surface area contributed by atoms with E-state index in [4.69, 9.17) is 15.2 Å². The van der Waals surface area contributed by atoms with Crippen LogP contribution in [0.2, 0.25) is 0 Å². The van der Waals surface area contributed by atoms with E-state index in [-0.39, 0.29) is 4.90 Å². The van der Waals surface area contributed by atoms with Gasteiger partial charge in [-0.3, -0.25) is 9.69 Å². The molecule has 8 nitrogen and oxygen atoms in total. The summed E-state index contributed by atoms with van der Waals surface area (Å²) in [6.45, 7) is 3.23. The van der Waals surface area contributed by atoms with Gasteiger partial charge in [-0.15, -0.1) is 0 Å². The van der Waals surface area contributed by atoms with E-state index in [1.165, 1.54) is 30.7 Å². The molecule has 1 aromatic carbocycles. The Balaban J connectivity index is 2.16. The number of methoxy groups -OCH3 is 2. The Morgan fingerprint density at radius 3 is 2.21 bits per heavy atom. The number of carbonyl (C=O) groups is 1. The van der Waals surface area contributed by atoms with Crippen LogP contribution in [0, 0.1) is 0 Å². The summed E-state index contributed by atoms with van der Waals surface area (Å²) in [4.78, 5) is 13.3. The number of nitrogens with two attached hydrogens (primary N) is 1. The maximum atomic E-state index is 12.8. The number of rotatable bonds is 6. The van der Waals surface area contributed by atoms with E-state index < -0.39 is 22.0 Å². The first kappa shape index (κ1) is 18.5. The van der Waals surface area contributed by atoms with Gasteiger partial charge in [0.1, 0.15) is 0 Å². The van der Waals surface area contributed by atoms with Crippen molar-refractivity contribution in [1.29, 1.82) is 0 Å². The van der Waals surface area contributed by atoms with Gasteiger partial charge in [0.15, 0.2) is 11.5 Å². The molecule has 1 amide bonds. The van der Waals surface area contributed by atoms with Crippen LogP contribution in [0.5, 0.6) is 11.5 Å². The van der Waals surface area contributed by atoms with Crippen molar-refractivity contribution in [3.63, 3.8) is 0 Å². The topological polar surface area (TPSA) is 102 Å². The monoisotopic (exact) mass is 357 g/mol. The molecule has 2 N–H and O–H groups in total. The Kier molecular flexibility index (Phi) is 5.68. The van der Waals surface area contributed by atoms with E-state index in [0.29, 0.717) is 37.7 Å². The predicted molar refractivity (Wildman–Crippen MR) is 88.5 cm³/mol. The summed E-state index contributed by atoms with van der Waals surface area (Å²) in [6.07, 6.45) is 0. The number of nitrogens with zero attached hydrogens (tertiary/aromatic N) is 2. The van der Waals surface area contributed by atoms with Gasteiger partial charge in [-0.2, -0.15) is 4.31 Å². The fraction of sp³-hybridized carbons (Fsp3) is 0.533. The molecule has 0 spiro atoms. The van der Waals surface area contributed by atoms with Crippen LogP contribution >= 0.6 is 0 Å². The quantitative estimate of drug-likeness (QED) is 0.762. The van der Waals surface area contributed by atoms with Crippen molar-refractivity contribution in [2.75, 3.05) is 40.4 Å². The highest BCUT2D eigenvalue weighted by atomic mass is 32.2. The molecule has 2 rings (SSSR count). The van der Waals surface area contributed by atoms with E-state index in [2.05, 4.69) is 0 Å². The summed E-state index contributed by atoms with van der Waals surface area (Å²) in [6, 6.07) is 4.11. The standard InChI is InChI=1S/C15H23N3O5S/c1-11(15(16)19)17-6-8-18(9-7-17)24(20,21)12-4-5-13(22-2)14(10-12)23-3/h4-5,10-11H,6-9H2,1-3H3,(H2,16,19)/t11-/m1/s1. The first-order valence-corrected chi connectivity index (χ1v) is 9.00. The number of benzene rings is 1. The average molecular weight is 357 g/mol. The molecule has 9 heteroatoms. The number of piperazine rings is 1. The Morgan fingerprint density at radius 1 is 1.12 bits per heavy atom. The van der Waals surface area contributed by atoms with Gasteiger partial charge < -0.3 is 15.2 Å². The van der Waals surface area contributed by atoms with Gasteiger partial charge in [0.05, 0.1) is 25.2 Å². The van der Waals surface area contributed by atoms with E-state index >= 15 is 0 Å². The minimum atomic E-state index is -3.63. The zero-order valence-corrected chi connectivity index (χ0v) is 14.9. The summed E-state index contributed by atoms with van der Waals surface area (Å²) in [7, 11) is -0.686. The van der Waals surface area contributed by atoms with Crippen molar-refractivity contribution in [3.8, 4) is 11.5 Å². The van der Waals surface area contributed by atoms with Crippen LogP contribution in [0.1, 0.15) is 6.92 Å². The third-order valence-corrected chi connectivity index (χ3v) is 6.12. The van der Waals surface area contributed by atoms with Crippen LogP contribution < -0.4 is 15.2 Å². The molecule has 1 heterocycles. The molecular formula is C15H23N3O5S. The van der Waals surface area contributed by atoms with Crippen LogP contribution in [0.15, 0.2) is 23.1 Å². The van der Waals surface area contributed by atoms with Crippen molar-refractivity contribution < 1.29 is 22.7 Å². The van der Waals surface area contributed by atoms with Gasteiger partial charge in [-0.05, 0) is 19.1 Å². The lowest BCUT2D eigenvalue weighted by atomic mass is 10.2. The van der Waals surface area contributed by atoms with E-state index in [0.717, 1.165) is 0 Å². The fourth-order valence-electron chi connectivity index (χ4n) is 2.64. The van der Waals surface area contributed by atoms with Gasteiger partial charge in [-0.25, -0.2) is 8.42 Å². The molecular weight excluding hydrogens is 334 g/mol. The summed E-state index contributed by atoms with van der Waals surface area (Å²) in [5.74, 6) is 0.419. The molecule has 1 aromatic rings. The summed E-state index contributed by atoms with van der Waals surface area (Å²) < 4.78 is 37.3. The minimum absolute atomic E-state index is 0.150. The molecule has 1 aliphatic heterocycles. The van der Waals surface area contributed by atoms with Crippen LogP contribution in [-0.2, 0) is 14.8 Å². The first-order valence-electron chi connectivity index (χ1n) is 7.56. The van der Waals surface area contributed by atoms with Crippen LogP contribution in [-0.4, -0.2) is 70.0 Å². The molecule has 1 fully saturated rings. The van der Waals surface area contributed by atoms with Crippen molar-refractivity contribution in [3.05, 3.63) is 18.2 Å². The number of hydrogen-bond donors (Lipinski definition) is 1. The van der Waals surface area contributed by atoms with Crippen LogP contribution in [0.3, 0.4) is 0 Å². The van der Waals surface area contributed by atoms with Gasteiger partial charge in [0.25, 0.3) is 0 Å². The van der Waals surface area contributed by atoms with Crippen molar-refractivity contribution in [1.82, 2.24) is 9.21 Å². The molecule has 0 aromatic heterocycles. The number of primary amides is 1. The third-order valence-electron chi connectivity index (χ3n) is 4.23. The Labute approximate surface area is 142 Å². The third kappa shape index (κ3) is 3.63. The zero-order chi connectivity index (χ0) is 17.9. The molecule has 1 saturated heterocycles. The predicted octanol–water partition coefficient (Wildman–Crippen LogP) is -0.116. The first-order chi connectivity index (χ1) is 11.3. The molecule has 1 atom stereocenters. The molecule has 0 aliphatic carbocycles. The highest BCUT2D eigenvalue weighted by Gasteiger charge is 2.31. The molecule has 0 saturated carbocycles. The molecule has 0 radical (unpaired) electrons. The highest BCUT2D eigenvalue weighted by Crippen LogP contribution is 2.30. The van der Waals surface area contributed by atoms with Crippen LogP contribution in [0.4, 0.5) is 0 Å². The second-order valence-electron chi connectivity index (χ2n) is 5.54. The molecule has 1 aliphatic rings. The largest absolute Gasteiger partial charge is 0.493 e. The Hall–Kier alpha value is -1.84. The van der Waals surface area contributed by atoms with Crippen molar-refractivity contribution in [2.45, 2.75) is 17.9 Å². The highest BCUT2D eigenvalue weighted by molar-refractivity contribution is 7.89. The molecule has 0 bridgehead atoms. The lowest BCUT2D eigenvalue weighted by molar-refractivity contribution is -0.123. The molecule has 134 valence electrons. The lowest BCUT2D eigenvalue weighted by Gasteiger charge is -2.36. The van der Waals surface area contributed by atoms with Gasteiger partial charge >= 0.3 is 0 Å². The summed E-state index contributed by atoms with van der Waals surface area (Å²) >= 11 is 0. The number of sulfonamides is 1. The maximum absolute atomic E-state index is 12.8. The number of carbonyl (C=O) groups excluding carboxylic acids is 1. The summed E-state index contributed by atoms with van der Waals surface area (Å²) in [5.41, 5.74) is 5.30. The SMILES string of the molecule is COc1ccc(S(=O)(=O)N2CCN([C@H](C)C(N)=O)CC2)cc1OC. The number of amides is 1. The van der Waals surface area contributed by atoms with Crippen molar-refractivity contribution in [2.24, 2.45) is 5.73 Å². The van der Waals surface area contributed by atoms with Crippen LogP contribution in [0.25, 0.3) is 0 Å². The Bertz CT molecular complexity index is 699. The molecule has 0 unspecified atom stereocenters. The zero-order valence-electron chi connectivity index (χ0n) is 14.1. The fourth-order valence-corrected chi connectivity index (χ4v) is 4.08. The lowest BCUT2D eigenvalue weighted by Crippen LogP contribution is -2.54. The maximum Gasteiger partial charge on any atom is 0.243 e. The molecule has 24 heavy (non-hydrogen) atoms. The van der Waals surface area contributed by atoms with E-state index in [1.807, 2.05) is 4.90 Å². The van der Waals surface area contributed by atoms with Crippen molar-refractivity contribution >= 4 is 15.9 Å². The second kappa shape index (κ2) is 7.37. The number of hydrogen-bond acceptors (Lipinski definition) is 6. The average Bonchev–Trinajstić information content (AvgIpc) is 2.60. The summed E-state index contributed by atoms with van der Waals surface area (Å²) in [5, 5.41) is 0. The van der Waals surface area contributed by atoms with Gasteiger partial charge in [0, 0.05) is 32.2 Å². The Morgan fingerprint density at radius 2 is 1.71 bits per heavy atom. The van der Waals surface area contributed by atoms with Gasteiger partial charge in [0.2, 0.25) is 15.9 Å². The van der Waals surface area contributed by atoms with E-state index in [9.17, 15) is 13.2 Å². The van der Waals surface area contributed by atoms with Gasteiger partial charge in [-0.1, -0.05) is 0 Å².